The van der Waals surface area contributed by atoms with Gasteiger partial charge in [0.15, 0.2) is 9.84 Å². The summed E-state index contributed by atoms with van der Waals surface area (Å²) in [6.07, 6.45) is 7.95. The Morgan fingerprint density at radius 2 is 1.62 bits per heavy atom. The number of amides is 2. The summed E-state index contributed by atoms with van der Waals surface area (Å²) >= 11 is 0. The Hall–Kier alpha value is -5.47. The quantitative estimate of drug-likeness (QED) is 0.0945. The lowest BCUT2D eigenvalue weighted by Crippen LogP contribution is -2.49. The molecule has 0 bridgehead atoms. The van der Waals surface area contributed by atoms with Crippen molar-refractivity contribution in [2.24, 2.45) is 0 Å². The highest BCUT2D eigenvalue weighted by Gasteiger charge is 2.45. The predicted octanol–water partition coefficient (Wildman–Crippen LogP) is 6.42. The number of carbonyl (C=O) groups is 2. The number of hydrogen-bond donors (Lipinski definition) is 0. The van der Waals surface area contributed by atoms with Crippen LogP contribution in [0.1, 0.15) is 50.2 Å². The number of imide groups is 1. The zero-order valence-corrected chi connectivity index (χ0v) is 28.9. The molecule has 0 saturated carbocycles. The summed E-state index contributed by atoms with van der Waals surface area (Å²) in [5.41, 5.74) is 3.12. The van der Waals surface area contributed by atoms with Crippen LogP contribution in [0.2, 0.25) is 0 Å². The number of benzene rings is 3. The number of aromatic nitrogens is 2. The summed E-state index contributed by atoms with van der Waals surface area (Å²) in [7, 11) is -1.92. The smallest absolute Gasteiger partial charge is 0.272 e. The van der Waals surface area contributed by atoms with Gasteiger partial charge in [0.2, 0.25) is 0 Å². The van der Waals surface area contributed by atoms with Gasteiger partial charge in [0.25, 0.3) is 11.8 Å². The van der Waals surface area contributed by atoms with Gasteiger partial charge < -0.3 is 9.47 Å². The molecule has 0 spiro atoms. The van der Waals surface area contributed by atoms with Gasteiger partial charge in [-0.3, -0.25) is 14.5 Å². The van der Waals surface area contributed by atoms with Gasteiger partial charge in [-0.2, -0.15) is 10.4 Å². The maximum Gasteiger partial charge on any atom is 0.272 e. The first kappa shape index (κ1) is 34.4. The minimum Gasteiger partial charge on any atom is -0.497 e. The van der Waals surface area contributed by atoms with Crippen molar-refractivity contribution >= 4 is 33.3 Å². The molecule has 6 rings (SSSR count). The van der Waals surface area contributed by atoms with Crippen LogP contribution in [0.25, 0.3) is 28.6 Å². The summed E-state index contributed by atoms with van der Waals surface area (Å²) < 4.78 is 37.9. The first-order valence-corrected chi connectivity index (χ1v) is 18.5. The summed E-state index contributed by atoms with van der Waals surface area (Å²) in [6, 6.07) is 25.0. The van der Waals surface area contributed by atoms with E-state index in [1.165, 1.54) is 13.5 Å². The SMILES string of the molecule is CCCCCCOc1ccc(-c2nn(-c3ccccc3)cc2/C=C2\C(=O)N(C3CCS(=O)(=O)C3)C(=O)C(C#N)=C2c2ccc(OC)cc2)cc1. The van der Waals surface area contributed by atoms with Crippen molar-refractivity contribution in [3.8, 4) is 34.5 Å². The van der Waals surface area contributed by atoms with Crippen LogP contribution in [0.5, 0.6) is 11.5 Å². The Morgan fingerprint density at radius 3 is 2.26 bits per heavy atom. The van der Waals surface area contributed by atoms with Crippen LogP contribution in [0.3, 0.4) is 0 Å². The first-order chi connectivity index (χ1) is 24.2. The van der Waals surface area contributed by atoms with E-state index >= 15 is 0 Å². The van der Waals surface area contributed by atoms with Gasteiger partial charge in [0, 0.05) is 22.9 Å². The van der Waals surface area contributed by atoms with Crippen molar-refractivity contribution in [2.45, 2.75) is 45.1 Å². The number of methoxy groups -OCH3 is 1. The normalized spacial score (nSPS) is 18.1. The number of ether oxygens (including phenoxy) is 2. The van der Waals surface area contributed by atoms with Crippen LogP contribution in [0.15, 0.2) is 96.2 Å². The van der Waals surface area contributed by atoms with Gasteiger partial charge in [0.05, 0.1) is 48.2 Å². The number of hydrogen-bond acceptors (Lipinski definition) is 8. The second kappa shape index (κ2) is 15.0. The van der Waals surface area contributed by atoms with Crippen molar-refractivity contribution in [3.05, 3.63) is 107 Å². The molecule has 0 radical (unpaired) electrons. The lowest BCUT2D eigenvalue weighted by molar-refractivity contribution is -0.142. The topological polar surface area (TPSA) is 132 Å². The van der Waals surface area contributed by atoms with Gasteiger partial charge in [-0.25, -0.2) is 13.1 Å². The van der Waals surface area contributed by atoms with Crippen LogP contribution in [-0.2, 0) is 19.4 Å². The van der Waals surface area contributed by atoms with Crippen LogP contribution < -0.4 is 9.47 Å². The van der Waals surface area contributed by atoms with Gasteiger partial charge in [-0.1, -0.05) is 56.5 Å². The summed E-state index contributed by atoms with van der Waals surface area (Å²) in [6.45, 7) is 2.80. The number of carbonyl (C=O) groups excluding carboxylic acids is 2. The molecule has 3 aromatic carbocycles. The largest absolute Gasteiger partial charge is 0.497 e. The molecule has 2 aliphatic rings. The van der Waals surface area contributed by atoms with E-state index in [2.05, 4.69) is 6.92 Å². The lowest BCUT2D eigenvalue weighted by Gasteiger charge is -2.32. The van der Waals surface area contributed by atoms with Gasteiger partial charge >= 0.3 is 0 Å². The van der Waals surface area contributed by atoms with Gasteiger partial charge in [-0.15, -0.1) is 0 Å². The number of unbranched alkanes of at least 4 members (excludes halogenated alkanes) is 3. The van der Waals surface area contributed by atoms with E-state index in [1.807, 2.05) is 60.7 Å². The zero-order chi connectivity index (χ0) is 35.3. The Labute approximate surface area is 292 Å². The molecule has 2 amide bonds. The third kappa shape index (κ3) is 7.26. The molecule has 10 nitrogen and oxygen atoms in total. The van der Waals surface area contributed by atoms with Crippen LogP contribution in [0, 0.1) is 11.3 Å². The third-order valence-corrected chi connectivity index (χ3v) is 10.7. The number of sulfone groups is 1. The average Bonchev–Trinajstić information content (AvgIpc) is 3.72. The minimum absolute atomic E-state index is 0.0801. The second-order valence-electron chi connectivity index (χ2n) is 12.3. The number of para-hydroxylation sites is 1. The van der Waals surface area contributed by atoms with Crippen molar-refractivity contribution in [1.82, 2.24) is 14.7 Å². The molecule has 50 heavy (non-hydrogen) atoms. The number of nitrogens with zero attached hydrogens (tertiary/aromatic N) is 4. The molecule has 4 aromatic rings. The molecule has 256 valence electrons. The van der Waals surface area contributed by atoms with E-state index < -0.39 is 27.7 Å². The van der Waals surface area contributed by atoms with E-state index in [9.17, 15) is 23.3 Å². The van der Waals surface area contributed by atoms with Crippen molar-refractivity contribution in [3.63, 3.8) is 0 Å². The Bertz CT molecular complexity index is 2090. The van der Waals surface area contributed by atoms with Crippen LogP contribution in [-0.4, -0.2) is 66.2 Å². The van der Waals surface area contributed by atoms with E-state index in [-0.39, 0.29) is 34.6 Å². The minimum atomic E-state index is -3.45. The van der Waals surface area contributed by atoms with Crippen molar-refractivity contribution < 1.29 is 27.5 Å². The number of rotatable bonds is 12. The van der Waals surface area contributed by atoms with E-state index in [0.717, 1.165) is 41.2 Å². The Morgan fingerprint density at radius 1 is 0.920 bits per heavy atom. The van der Waals surface area contributed by atoms with Gasteiger partial charge in [-0.05, 0) is 73.0 Å². The maximum atomic E-state index is 14.5. The molecule has 0 N–H and O–H groups in total. The second-order valence-corrected chi connectivity index (χ2v) is 14.6. The van der Waals surface area contributed by atoms with Crippen LogP contribution in [0.4, 0.5) is 0 Å². The first-order valence-electron chi connectivity index (χ1n) is 16.7. The molecule has 1 atom stereocenters. The standard InChI is InChI=1S/C39H38N4O6S/c1-3-4-5-9-21-49-33-18-14-28(15-19-33)37-29(25-42(41-37)30-10-7-6-8-11-30)23-34-36(27-12-16-32(48-2)17-13-27)35(24-40)39(45)43(38(34)44)31-20-22-50(46,47)26-31/h6-8,10-19,23,25,31H,3-5,9,20-22,26H2,1-2H3/b34-23-. The molecule has 11 heteroatoms. The molecule has 1 fully saturated rings. The highest BCUT2D eigenvalue weighted by Crippen LogP contribution is 2.39. The van der Waals surface area contributed by atoms with E-state index in [1.54, 1.807) is 41.2 Å². The fourth-order valence-corrected chi connectivity index (χ4v) is 8.01. The molecular weight excluding hydrogens is 653 g/mol. The highest BCUT2D eigenvalue weighted by atomic mass is 32.2. The molecule has 0 aliphatic carbocycles. The lowest BCUT2D eigenvalue weighted by atomic mass is 9.86. The molecule has 3 heterocycles. The van der Waals surface area contributed by atoms with Gasteiger partial charge in [0.1, 0.15) is 23.1 Å². The predicted molar refractivity (Wildman–Crippen MR) is 191 cm³/mol. The monoisotopic (exact) mass is 690 g/mol. The van der Waals surface area contributed by atoms with Crippen molar-refractivity contribution in [2.75, 3.05) is 25.2 Å². The third-order valence-electron chi connectivity index (χ3n) is 8.92. The number of nitriles is 1. The molecule has 2 aliphatic heterocycles. The van der Waals surface area contributed by atoms with Crippen molar-refractivity contribution in [1.29, 1.82) is 5.26 Å². The summed E-state index contributed by atoms with van der Waals surface area (Å²) in [5.74, 6) is -0.681. The van der Waals surface area contributed by atoms with Crippen LogP contribution >= 0.6 is 0 Å². The Kier molecular flexibility index (Phi) is 10.3. The zero-order valence-electron chi connectivity index (χ0n) is 28.0. The highest BCUT2D eigenvalue weighted by molar-refractivity contribution is 7.91. The molecule has 1 saturated heterocycles. The van der Waals surface area contributed by atoms with E-state index in [0.29, 0.717) is 29.2 Å². The molecule has 1 aromatic heterocycles. The molecule has 1 unspecified atom stereocenters. The summed E-state index contributed by atoms with van der Waals surface area (Å²) in [4.78, 5) is 29.3. The summed E-state index contributed by atoms with van der Waals surface area (Å²) in [5, 5.41) is 15.3. The van der Waals surface area contributed by atoms with E-state index in [4.69, 9.17) is 14.6 Å². The fraction of sp³-hybridized carbons (Fsp3) is 0.282. The maximum absolute atomic E-state index is 14.5. The fourth-order valence-electron chi connectivity index (χ4n) is 6.31. The Balaban J connectivity index is 1.49. The molecular formula is C39H38N4O6S. The average molecular weight is 691 g/mol.